The van der Waals surface area contributed by atoms with Gasteiger partial charge >= 0.3 is 5.97 Å². The summed E-state index contributed by atoms with van der Waals surface area (Å²) in [6, 6.07) is 0. The van der Waals surface area contributed by atoms with E-state index in [0.29, 0.717) is 23.9 Å². The number of hydrogen-bond acceptors (Lipinski definition) is 7. The van der Waals surface area contributed by atoms with Crippen LogP contribution in [-0.4, -0.2) is 41.7 Å². The zero-order valence-electron chi connectivity index (χ0n) is 8.68. The smallest absolute Gasteiger partial charge is 0.313 e. The molecule has 2 heterocycles. The van der Waals surface area contributed by atoms with E-state index in [9.17, 15) is 4.79 Å². The maximum Gasteiger partial charge on any atom is 0.313 e. The molecule has 8 nitrogen and oxygen atoms in total. The van der Waals surface area contributed by atoms with Crippen LogP contribution < -0.4 is 0 Å². The van der Waals surface area contributed by atoms with Crippen LogP contribution in [-0.2, 0) is 17.8 Å². The minimum Gasteiger partial charge on any atom is -0.481 e. The van der Waals surface area contributed by atoms with Crippen molar-refractivity contribution in [3.63, 3.8) is 0 Å². The van der Waals surface area contributed by atoms with Crippen LogP contribution in [0.1, 0.15) is 5.82 Å². The minimum atomic E-state index is -0.886. The summed E-state index contributed by atoms with van der Waals surface area (Å²) in [4.78, 5) is 14.3. The number of aromatic nitrogens is 5. The molecule has 1 N–H and O–H groups in total. The highest BCUT2D eigenvalue weighted by atomic mass is 32.2. The standard InChI is InChI=1S/C8H9N5O3S/c14-7(15)3-17-8-11-10-4-13(8)2-1-6-9-5-16-12-6/h4-5H,1-3H2,(H,14,15). The Morgan fingerprint density at radius 1 is 1.59 bits per heavy atom. The lowest BCUT2D eigenvalue weighted by Gasteiger charge is -2.02. The van der Waals surface area contributed by atoms with Crippen molar-refractivity contribution >= 4 is 17.7 Å². The Labute approximate surface area is 100 Å². The monoisotopic (exact) mass is 255 g/mol. The molecule has 0 aliphatic rings. The average molecular weight is 255 g/mol. The van der Waals surface area contributed by atoms with Crippen molar-refractivity contribution in [2.24, 2.45) is 0 Å². The third-order valence-corrected chi connectivity index (χ3v) is 2.85. The van der Waals surface area contributed by atoms with Crippen LogP contribution in [0.4, 0.5) is 0 Å². The highest BCUT2D eigenvalue weighted by Crippen LogP contribution is 2.14. The molecule has 0 unspecified atom stereocenters. The molecule has 0 aromatic carbocycles. The third-order valence-electron chi connectivity index (χ3n) is 1.89. The topological polar surface area (TPSA) is 107 Å². The van der Waals surface area contributed by atoms with E-state index in [2.05, 4.69) is 24.9 Å². The summed E-state index contributed by atoms with van der Waals surface area (Å²) in [5.41, 5.74) is 0. The molecule has 0 aliphatic carbocycles. The van der Waals surface area contributed by atoms with Crippen molar-refractivity contribution in [3.8, 4) is 0 Å². The molecule has 0 atom stereocenters. The molecule has 0 spiro atoms. The Morgan fingerprint density at radius 3 is 3.18 bits per heavy atom. The molecular formula is C8H9N5O3S. The Bertz CT molecular complexity index is 483. The van der Waals surface area contributed by atoms with Gasteiger partial charge in [0.25, 0.3) is 0 Å². The number of thioether (sulfide) groups is 1. The van der Waals surface area contributed by atoms with Gasteiger partial charge in [0, 0.05) is 13.0 Å². The lowest BCUT2D eigenvalue weighted by atomic mass is 10.4. The predicted octanol–water partition coefficient (Wildman–Crippen LogP) is 0.0805. The van der Waals surface area contributed by atoms with Gasteiger partial charge in [0.2, 0.25) is 6.39 Å². The van der Waals surface area contributed by atoms with Crippen molar-refractivity contribution in [2.75, 3.05) is 5.75 Å². The summed E-state index contributed by atoms with van der Waals surface area (Å²) in [6.07, 6.45) is 3.39. The van der Waals surface area contributed by atoms with E-state index in [4.69, 9.17) is 5.11 Å². The molecule has 2 aromatic rings. The molecular weight excluding hydrogens is 246 g/mol. The van der Waals surface area contributed by atoms with Gasteiger partial charge in [0.1, 0.15) is 6.33 Å². The first-order valence-electron chi connectivity index (χ1n) is 4.73. The first kappa shape index (κ1) is 11.6. The van der Waals surface area contributed by atoms with Crippen molar-refractivity contribution in [2.45, 2.75) is 18.1 Å². The number of rotatable bonds is 6. The maximum absolute atomic E-state index is 10.4. The van der Waals surface area contributed by atoms with Crippen LogP contribution in [0.3, 0.4) is 0 Å². The largest absolute Gasteiger partial charge is 0.481 e. The lowest BCUT2D eigenvalue weighted by Crippen LogP contribution is -2.05. The van der Waals surface area contributed by atoms with E-state index in [-0.39, 0.29) is 5.75 Å². The second-order valence-electron chi connectivity index (χ2n) is 3.09. The number of hydrogen-bond donors (Lipinski definition) is 1. The molecule has 9 heteroatoms. The van der Waals surface area contributed by atoms with Gasteiger partial charge in [-0.25, -0.2) is 0 Å². The lowest BCUT2D eigenvalue weighted by molar-refractivity contribution is -0.133. The summed E-state index contributed by atoms with van der Waals surface area (Å²) in [5, 5.41) is 20.4. The molecule has 0 fully saturated rings. The first-order chi connectivity index (χ1) is 8.25. The van der Waals surface area contributed by atoms with Gasteiger partial charge in [0.15, 0.2) is 11.0 Å². The zero-order chi connectivity index (χ0) is 12.1. The number of aryl methyl sites for hydroxylation is 2. The van der Waals surface area contributed by atoms with E-state index in [1.54, 1.807) is 10.9 Å². The molecule has 0 saturated heterocycles. The SMILES string of the molecule is O=C(O)CSc1nncn1CCc1ncon1. The molecule has 0 bridgehead atoms. The highest BCUT2D eigenvalue weighted by Gasteiger charge is 2.08. The first-order valence-corrected chi connectivity index (χ1v) is 5.72. The minimum absolute atomic E-state index is 0.0408. The zero-order valence-corrected chi connectivity index (χ0v) is 9.50. The molecule has 17 heavy (non-hydrogen) atoms. The number of aliphatic carboxylic acids is 1. The number of carbonyl (C=O) groups is 1. The predicted molar refractivity (Wildman–Crippen MR) is 56.4 cm³/mol. The van der Waals surface area contributed by atoms with E-state index in [1.165, 1.54) is 6.39 Å². The van der Waals surface area contributed by atoms with Crippen LogP contribution >= 0.6 is 11.8 Å². The van der Waals surface area contributed by atoms with Gasteiger partial charge in [-0.3, -0.25) is 4.79 Å². The summed E-state index contributed by atoms with van der Waals surface area (Å²) in [6.45, 7) is 0.578. The summed E-state index contributed by atoms with van der Waals surface area (Å²) in [7, 11) is 0. The van der Waals surface area contributed by atoms with Gasteiger partial charge < -0.3 is 14.2 Å². The second kappa shape index (κ2) is 5.43. The van der Waals surface area contributed by atoms with E-state index < -0.39 is 5.97 Å². The maximum atomic E-state index is 10.4. The highest BCUT2D eigenvalue weighted by molar-refractivity contribution is 7.99. The van der Waals surface area contributed by atoms with Gasteiger partial charge in [0.05, 0.1) is 5.75 Å². The number of carboxylic acids is 1. The molecule has 0 saturated carbocycles. The quantitative estimate of drug-likeness (QED) is 0.723. The molecule has 0 aliphatic heterocycles. The van der Waals surface area contributed by atoms with Gasteiger partial charge in [-0.1, -0.05) is 16.9 Å². The number of carboxylic acid groups (broad SMARTS) is 1. The van der Waals surface area contributed by atoms with Crippen molar-refractivity contribution in [1.29, 1.82) is 0 Å². The third kappa shape index (κ3) is 3.28. The van der Waals surface area contributed by atoms with Crippen LogP contribution in [0.25, 0.3) is 0 Å². The van der Waals surface area contributed by atoms with Crippen molar-refractivity contribution < 1.29 is 14.4 Å². The summed E-state index contributed by atoms with van der Waals surface area (Å²) in [5.74, 6) is -0.337. The van der Waals surface area contributed by atoms with Crippen molar-refractivity contribution in [3.05, 3.63) is 18.5 Å². The molecule has 2 aromatic heterocycles. The van der Waals surface area contributed by atoms with Gasteiger partial charge in [-0.2, -0.15) is 4.98 Å². The number of nitrogens with zero attached hydrogens (tertiary/aromatic N) is 5. The van der Waals surface area contributed by atoms with Crippen LogP contribution in [0.2, 0.25) is 0 Å². The molecule has 0 radical (unpaired) electrons. The fraction of sp³-hybridized carbons (Fsp3) is 0.375. The van der Waals surface area contributed by atoms with E-state index in [0.717, 1.165) is 11.8 Å². The van der Waals surface area contributed by atoms with E-state index in [1.807, 2.05) is 0 Å². The Balaban J connectivity index is 1.92. The molecule has 90 valence electrons. The Morgan fingerprint density at radius 2 is 2.47 bits per heavy atom. The van der Waals surface area contributed by atoms with Gasteiger partial charge in [-0.15, -0.1) is 10.2 Å². The van der Waals surface area contributed by atoms with E-state index >= 15 is 0 Å². The fourth-order valence-corrected chi connectivity index (χ4v) is 1.82. The summed E-state index contributed by atoms with van der Waals surface area (Å²) < 4.78 is 6.36. The van der Waals surface area contributed by atoms with Crippen LogP contribution in [0.5, 0.6) is 0 Å². The Kier molecular flexibility index (Phi) is 3.70. The van der Waals surface area contributed by atoms with Crippen LogP contribution in [0.15, 0.2) is 22.4 Å². The normalized spacial score (nSPS) is 10.6. The summed E-state index contributed by atoms with van der Waals surface area (Å²) >= 11 is 1.12. The Hall–Kier alpha value is -1.90. The average Bonchev–Trinajstić information content (AvgIpc) is 2.95. The fourth-order valence-electron chi connectivity index (χ4n) is 1.16. The molecule has 2 rings (SSSR count). The second-order valence-corrected chi connectivity index (χ2v) is 4.03. The van der Waals surface area contributed by atoms with Gasteiger partial charge in [-0.05, 0) is 0 Å². The molecule has 0 amide bonds. The van der Waals surface area contributed by atoms with Crippen LogP contribution in [0, 0.1) is 0 Å². The van der Waals surface area contributed by atoms with Crippen molar-refractivity contribution in [1.82, 2.24) is 24.9 Å².